The lowest BCUT2D eigenvalue weighted by Crippen LogP contribution is -2.28. The highest BCUT2D eigenvalue weighted by Gasteiger charge is 2.61. The largest absolute Gasteiger partial charge is 0.455 e. The summed E-state index contributed by atoms with van der Waals surface area (Å²) in [6.45, 7) is 5.45. The number of esters is 1. The van der Waals surface area contributed by atoms with Crippen LogP contribution >= 0.6 is 0 Å². The molecule has 0 bridgehead atoms. The Kier molecular flexibility index (Phi) is 3.01. The van der Waals surface area contributed by atoms with Crippen LogP contribution in [0.15, 0.2) is 23.8 Å². The van der Waals surface area contributed by atoms with Crippen LogP contribution in [0.1, 0.15) is 32.6 Å². The Bertz CT molecular complexity index is 456. The molecular formula is C15H19FO3. The molecule has 4 atom stereocenters. The van der Waals surface area contributed by atoms with Gasteiger partial charge in [0, 0.05) is 11.5 Å². The maximum Gasteiger partial charge on any atom is 0.334 e. The van der Waals surface area contributed by atoms with E-state index in [1.165, 1.54) is 0 Å². The summed E-state index contributed by atoms with van der Waals surface area (Å²) < 4.78 is 24.1. The fraction of sp³-hybridized carbons (Fsp3) is 0.667. The van der Waals surface area contributed by atoms with Gasteiger partial charge in [-0.2, -0.15) is 0 Å². The van der Waals surface area contributed by atoms with E-state index >= 15 is 0 Å². The van der Waals surface area contributed by atoms with E-state index in [0.717, 1.165) is 18.4 Å². The van der Waals surface area contributed by atoms with Gasteiger partial charge in [-0.25, -0.2) is 9.18 Å². The third-order valence-electron chi connectivity index (χ3n) is 4.61. The van der Waals surface area contributed by atoms with Crippen molar-refractivity contribution in [2.75, 3.05) is 6.67 Å². The van der Waals surface area contributed by atoms with Gasteiger partial charge in [-0.3, -0.25) is 0 Å². The van der Waals surface area contributed by atoms with Gasteiger partial charge < -0.3 is 9.47 Å². The summed E-state index contributed by atoms with van der Waals surface area (Å²) in [7, 11) is 0. The summed E-state index contributed by atoms with van der Waals surface area (Å²) >= 11 is 0. The van der Waals surface area contributed by atoms with E-state index in [1.54, 1.807) is 0 Å². The molecule has 0 saturated carbocycles. The molecule has 1 aliphatic carbocycles. The molecule has 19 heavy (non-hydrogen) atoms. The molecule has 0 amide bonds. The number of allylic oxidation sites excluding steroid dienone is 2. The minimum atomic E-state index is -0.417. The number of rotatable bonds is 1. The Morgan fingerprint density at radius 1 is 1.58 bits per heavy atom. The SMILES string of the molecule is C=C1C(=O)O[C@@H]2[C@H]3O[C@]3(C)CC/C=C(/CF)CC[C@@H]12. The van der Waals surface area contributed by atoms with Gasteiger partial charge in [-0.1, -0.05) is 12.7 Å². The van der Waals surface area contributed by atoms with Crippen molar-refractivity contribution in [3.05, 3.63) is 23.8 Å². The van der Waals surface area contributed by atoms with E-state index in [2.05, 4.69) is 6.58 Å². The molecule has 0 N–H and O–H groups in total. The van der Waals surface area contributed by atoms with E-state index in [-0.39, 0.29) is 29.7 Å². The van der Waals surface area contributed by atoms with E-state index in [1.807, 2.05) is 13.0 Å². The molecule has 2 fully saturated rings. The third-order valence-corrected chi connectivity index (χ3v) is 4.61. The highest BCUT2D eigenvalue weighted by molar-refractivity contribution is 5.91. The Balaban J connectivity index is 1.86. The number of fused-ring (bicyclic) bond motifs is 3. The van der Waals surface area contributed by atoms with Gasteiger partial charge in [-0.05, 0) is 38.2 Å². The van der Waals surface area contributed by atoms with Crippen molar-refractivity contribution >= 4 is 5.97 Å². The zero-order valence-corrected chi connectivity index (χ0v) is 11.2. The number of carbonyl (C=O) groups excluding carboxylic acids is 1. The normalized spacial score (nSPS) is 44.7. The number of hydrogen-bond donors (Lipinski definition) is 0. The van der Waals surface area contributed by atoms with Gasteiger partial charge >= 0.3 is 5.97 Å². The molecule has 4 heteroatoms. The summed E-state index contributed by atoms with van der Waals surface area (Å²) in [5.41, 5.74) is 1.10. The van der Waals surface area contributed by atoms with Gasteiger partial charge in [0.15, 0.2) is 0 Å². The lowest BCUT2D eigenvalue weighted by atomic mass is 9.84. The average Bonchev–Trinajstić information content (AvgIpc) is 2.97. The van der Waals surface area contributed by atoms with Gasteiger partial charge in [0.05, 0.1) is 5.60 Å². The van der Waals surface area contributed by atoms with Crippen LogP contribution in [-0.2, 0) is 14.3 Å². The summed E-state index contributed by atoms with van der Waals surface area (Å²) in [4.78, 5) is 11.7. The van der Waals surface area contributed by atoms with Crippen LogP contribution in [0.25, 0.3) is 0 Å². The zero-order valence-electron chi connectivity index (χ0n) is 11.2. The molecule has 3 rings (SSSR count). The first-order chi connectivity index (χ1) is 9.05. The molecule has 2 saturated heterocycles. The summed E-state index contributed by atoms with van der Waals surface area (Å²) in [6.07, 6.45) is 4.75. The number of hydrogen-bond acceptors (Lipinski definition) is 3. The van der Waals surface area contributed by atoms with Crippen LogP contribution < -0.4 is 0 Å². The van der Waals surface area contributed by atoms with Crippen molar-refractivity contribution in [1.82, 2.24) is 0 Å². The van der Waals surface area contributed by atoms with E-state index < -0.39 is 6.67 Å². The first kappa shape index (κ1) is 12.9. The molecule has 0 aromatic heterocycles. The topological polar surface area (TPSA) is 38.8 Å². The van der Waals surface area contributed by atoms with Crippen molar-refractivity contribution in [3.63, 3.8) is 0 Å². The van der Waals surface area contributed by atoms with Crippen LogP contribution in [0, 0.1) is 5.92 Å². The minimum Gasteiger partial charge on any atom is -0.455 e. The second-order valence-electron chi connectivity index (χ2n) is 5.93. The van der Waals surface area contributed by atoms with Crippen LogP contribution in [0.5, 0.6) is 0 Å². The smallest absolute Gasteiger partial charge is 0.334 e. The standard InChI is InChI=1S/C15H19FO3/c1-9-11-6-5-10(8-16)4-3-7-15(2)13(19-15)12(11)18-14(9)17/h4,11-13H,1,3,5-8H2,2H3/b10-4+/t11-,12-,13+,15+/m0/s1. The van der Waals surface area contributed by atoms with Gasteiger partial charge in [0.1, 0.15) is 18.9 Å². The molecule has 0 radical (unpaired) electrons. The lowest BCUT2D eigenvalue weighted by molar-refractivity contribution is -0.140. The van der Waals surface area contributed by atoms with Crippen molar-refractivity contribution in [2.24, 2.45) is 5.92 Å². The van der Waals surface area contributed by atoms with Crippen molar-refractivity contribution in [2.45, 2.75) is 50.4 Å². The van der Waals surface area contributed by atoms with Gasteiger partial charge in [0.2, 0.25) is 0 Å². The molecule has 0 aromatic carbocycles. The van der Waals surface area contributed by atoms with Gasteiger partial charge in [0.25, 0.3) is 0 Å². The van der Waals surface area contributed by atoms with Crippen molar-refractivity contribution < 1.29 is 18.7 Å². The van der Waals surface area contributed by atoms with Crippen LogP contribution in [-0.4, -0.2) is 30.5 Å². The van der Waals surface area contributed by atoms with Gasteiger partial charge in [-0.15, -0.1) is 0 Å². The molecule has 3 aliphatic rings. The lowest BCUT2D eigenvalue weighted by Gasteiger charge is -2.19. The number of carbonyl (C=O) groups is 1. The third kappa shape index (κ3) is 2.12. The predicted octanol–water partition coefficient (Wildman–Crippen LogP) is 2.71. The second kappa shape index (κ2) is 4.44. The van der Waals surface area contributed by atoms with Crippen molar-refractivity contribution in [1.29, 1.82) is 0 Å². The highest BCUT2D eigenvalue weighted by Crippen LogP contribution is 2.49. The Morgan fingerprint density at radius 3 is 3.11 bits per heavy atom. The first-order valence-electron chi connectivity index (χ1n) is 6.86. The number of epoxide rings is 1. The fourth-order valence-corrected chi connectivity index (χ4v) is 3.24. The zero-order chi connectivity index (χ0) is 13.6. The van der Waals surface area contributed by atoms with Crippen LogP contribution in [0.2, 0.25) is 0 Å². The Hall–Kier alpha value is -1.16. The maximum absolute atomic E-state index is 12.9. The van der Waals surface area contributed by atoms with E-state index in [0.29, 0.717) is 18.4 Å². The Labute approximate surface area is 112 Å². The molecule has 2 heterocycles. The molecule has 2 aliphatic heterocycles. The van der Waals surface area contributed by atoms with E-state index in [9.17, 15) is 9.18 Å². The highest BCUT2D eigenvalue weighted by atomic mass is 19.1. The average molecular weight is 266 g/mol. The quantitative estimate of drug-likeness (QED) is 0.317. The first-order valence-corrected chi connectivity index (χ1v) is 6.86. The van der Waals surface area contributed by atoms with Crippen LogP contribution in [0.3, 0.4) is 0 Å². The number of ether oxygens (including phenoxy) is 2. The summed E-state index contributed by atoms with van der Waals surface area (Å²) in [5, 5.41) is 0. The van der Waals surface area contributed by atoms with Crippen molar-refractivity contribution in [3.8, 4) is 0 Å². The number of alkyl halides is 1. The number of halogens is 1. The molecule has 0 unspecified atom stereocenters. The second-order valence-corrected chi connectivity index (χ2v) is 5.93. The molecule has 3 nitrogen and oxygen atoms in total. The molecule has 0 aromatic rings. The summed E-state index contributed by atoms with van der Waals surface area (Å²) in [6, 6.07) is 0. The Morgan fingerprint density at radius 2 is 2.37 bits per heavy atom. The predicted molar refractivity (Wildman–Crippen MR) is 68.3 cm³/mol. The van der Waals surface area contributed by atoms with Crippen LogP contribution in [0.4, 0.5) is 4.39 Å². The molecular weight excluding hydrogens is 247 g/mol. The summed E-state index contributed by atoms with van der Waals surface area (Å²) in [5.74, 6) is -0.356. The maximum atomic E-state index is 12.9. The molecule has 0 spiro atoms. The monoisotopic (exact) mass is 266 g/mol. The molecule has 104 valence electrons. The fourth-order valence-electron chi connectivity index (χ4n) is 3.24. The minimum absolute atomic E-state index is 0.0268. The van der Waals surface area contributed by atoms with E-state index in [4.69, 9.17) is 9.47 Å².